The Morgan fingerprint density at radius 3 is 2.46 bits per heavy atom. The SMILES string of the molecule is CCc1cccc(NC(=O)C[C@@H](c2cccc(OC)c2OC)n2cccc2)c1. The van der Waals surface area contributed by atoms with E-state index in [1.54, 1.807) is 14.2 Å². The second kappa shape index (κ2) is 9.13. The summed E-state index contributed by atoms with van der Waals surface area (Å²) < 4.78 is 13.1. The summed E-state index contributed by atoms with van der Waals surface area (Å²) in [5.74, 6) is 1.23. The molecule has 3 rings (SSSR count). The number of anilines is 1. The van der Waals surface area contributed by atoms with Crippen molar-refractivity contribution in [2.24, 2.45) is 0 Å². The minimum absolute atomic E-state index is 0.0585. The van der Waals surface area contributed by atoms with Crippen molar-refractivity contribution >= 4 is 11.6 Å². The Bertz CT molecular complexity index is 919. The highest BCUT2D eigenvalue weighted by Crippen LogP contribution is 2.37. The van der Waals surface area contributed by atoms with Crippen LogP contribution < -0.4 is 14.8 Å². The molecule has 1 N–H and O–H groups in total. The Kier molecular flexibility index (Phi) is 6.37. The van der Waals surface area contributed by atoms with Gasteiger partial charge in [0.15, 0.2) is 11.5 Å². The third kappa shape index (κ3) is 4.36. The summed E-state index contributed by atoms with van der Waals surface area (Å²) in [6.45, 7) is 2.10. The Morgan fingerprint density at radius 1 is 1.04 bits per heavy atom. The van der Waals surface area contributed by atoms with Crippen molar-refractivity contribution in [3.63, 3.8) is 0 Å². The van der Waals surface area contributed by atoms with E-state index in [1.165, 1.54) is 5.56 Å². The fraction of sp³-hybridized carbons (Fsp3) is 0.261. The third-order valence-electron chi connectivity index (χ3n) is 4.78. The molecule has 1 aromatic heterocycles. The van der Waals surface area contributed by atoms with Crippen molar-refractivity contribution in [1.82, 2.24) is 4.57 Å². The molecule has 0 aliphatic rings. The van der Waals surface area contributed by atoms with Crippen LogP contribution >= 0.6 is 0 Å². The zero-order valence-electron chi connectivity index (χ0n) is 16.5. The first-order chi connectivity index (χ1) is 13.7. The van der Waals surface area contributed by atoms with Gasteiger partial charge in [0.2, 0.25) is 5.91 Å². The summed E-state index contributed by atoms with van der Waals surface area (Å²) in [6.07, 6.45) is 5.11. The number of hydrogen-bond acceptors (Lipinski definition) is 3. The van der Waals surface area contributed by atoms with Crippen LogP contribution in [0, 0.1) is 0 Å². The number of aromatic nitrogens is 1. The van der Waals surface area contributed by atoms with Crippen LogP contribution in [-0.2, 0) is 11.2 Å². The normalized spacial score (nSPS) is 11.7. The van der Waals surface area contributed by atoms with Gasteiger partial charge in [0.25, 0.3) is 0 Å². The minimum Gasteiger partial charge on any atom is -0.493 e. The molecule has 3 aromatic rings. The lowest BCUT2D eigenvalue weighted by Gasteiger charge is -2.22. The molecule has 0 spiro atoms. The van der Waals surface area contributed by atoms with Gasteiger partial charge < -0.3 is 19.4 Å². The third-order valence-corrected chi connectivity index (χ3v) is 4.78. The van der Waals surface area contributed by atoms with E-state index >= 15 is 0 Å². The Hall–Kier alpha value is -3.21. The van der Waals surface area contributed by atoms with E-state index in [4.69, 9.17) is 9.47 Å². The quantitative estimate of drug-likeness (QED) is 0.619. The summed E-state index contributed by atoms with van der Waals surface area (Å²) in [5.41, 5.74) is 2.90. The highest BCUT2D eigenvalue weighted by atomic mass is 16.5. The second-order valence-corrected chi connectivity index (χ2v) is 6.54. The van der Waals surface area contributed by atoms with Crippen LogP contribution in [0.15, 0.2) is 67.0 Å². The van der Waals surface area contributed by atoms with Crippen LogP contribution in [-0.4, -0.2) is 24.7 Å². The van der Waals surface area contributed by atoms with Gasteiger partial charge in [-0.1, -0.05) is 31.2 Å². The number of para-hydroxylation sites is 1. The zero-order valence-corrected chi connectivity index (χ0v) is 16.5. The van der Waals surface area contributed by atoms with Gasteiger partial charge in [-0.25, -0.2) is 0 Å². The molecule has 0 saturated carbocycles. The van der Waals surface area contributed by atoms with Gasteiger partial charge in [-0.2, -0.15) is 0 Å². The van der Waals surface area contributed by atoms with Crippen molar-refractivity contribution in [2.75, 3.05) is 19.5 Å². The molecule has 0 unspecified atom stereocenters. The minimum atomic E-state index is -0.214. The van der Waals surface area contributed by atoms with Crippen LogP contribution in [0.4, 0.5) is 5.69 Å². The average Bonchev–Trinajstić information content (AvgIpc) is 3.26. The summed E-state index contributed by atoms with van der Waals surface area (Å²) in [4.78, 5) is 12.8. The number of nitrogens with one attached hydrogen (secondary N) is 1. The number of aryl methyl sites for hydroxylation is 1. The van der Waals surface area contributed by atoms with Crippen LogP contribution in [0.5, 0.6) is 11.5 Å². The number of carbonyl (C=O) groups excluding carboxylic acids is 1. The van der Waals surface area contributed by atoms with Crippen molar-refractivity contribution in [3.8, 4) is 11.5 Å². The number of rotatable bonds is 8. The largest absolute Gasteiger partial charge is 0.493 e. The second-order valence-electron chi connectivity index (χ2n) is 6.54. The molecule has 1 atom stereocenters. The fourth-order valence-electron chi connectivity index (χ4n) is 3.36. The van der Waals surface area contributed by atoms with Crippen molar-refractivity contribution in [3.05, 3.63) is 78.1 Å². The maximum absolute atomic E-state index is 12.8. The number of carbonyl (C=O) groups is 1. The van der Waals surface area contributed by atoms with Crippen LogP contribution in [0.3, 0.4) is 0 Å². The molecule has 0 saturated heterocycles. The molecular weight excluding hydrogens is 352 g/mol. The van der Waals surface area contributed by atoms with Gasteiger partial charge >= 0.3 is 0 Å². The number of amides is 1. The van der Waals surface area contributed by atoms with Gasteiger partial charge in [-0.3, -0.25) is 4.79 Å². The molecule has 0 fully saturated rings. The topological polar surface area (TPSA) is 52.5 Å². The lowest BCUT2D eigenvalue weighted by molar-refractivity contribution is -0.116. The Balaban J connectivity index is 1.89. The molecule has 1 heterocycles. The predicted octanol–water partition coefficient (Wildman–Crippen LogP) is 4.69. The van der Waals surface area contributed by atoms with Crippen molar-refractivity contribution in [2.45, 2.75) is 25.8 Å². The number of hydrogen-bond donors (Lipinski definition) is 1. The van der Waals surface area contributed by atoms with E-state index in [-0.39, 0.29) is 18.4 Å². The van der Waals surface area contributed by atoms with Crippen LogP contribution in [0.1, 0.15) is 30.5 Å². The molecule has 0 aliphatic heterocycles. The van der Waals surface area contributed by atoms with Crippen molar-refractivity contribution in [1.29, 1.82) is 0 Å². The van der Waals surface area contributed by atoms with Crippen LogP contribution in [0.25, 0.3) is 0 Å². The highest BCUT2D eigenvalue weighted by Gasteiger charge is 2.23. The fourth-order valence-corrected chi connectivity index (χ4v) is 3.36. The number of methoxy groups -OCH3 is 2. The maximum Gasteiger partial charge on any atom is 0.226 e. The summed E-state index contributed by atoms with van der Waals surface area (Å²) in [6, 6.07) is 17.3. The predicted molar refractivity (Wildman–Crippen MR) is 111 cm³/mol. The van der Waals surface area contributed by atoms with E-state index in [2.05, 4.69) is 18.3 Å². The summed E-state index contributed by atoms with van der Waals surface area (Å²) >= 11 is 0. The summed E-state index contributed by atoms with van der Waals surface area (Å²) in [5, 5.41) is 3.02. The highest BCUT2D eigenvalue weighted by molar-refractivity contribution is 5.91. The Labute approximate surface area is 165 Å². The first kappa shape index (κ1) is 19.5. The molecule has 0 aliphatic carbocycles. The van der Waals surface area contributed by atoms with Gasteiger partial charge in [-0.05, 0) is 42.3 Å². The summed E-state index contributed by atoms with van der Waals surface area (Å²) in [7, 11) is 3.23. The van der Waals surface area contributed by atoms with Gasteiger partial charge in [0.1, 0.15) is 0 Å². The van der Waals surface area contributed by atoms with Gasteiger partial charge in [0, 0.05) is 23.6 Å². The molecule has 2 aromatic carbocycles. The van der Waals surface area contributed by atoms with E-state index < -0.39 is 0 Å². The first-order valence-electron chi connectivity index (χ1n) is 9.38. The lowest BCUT2D eigenvalue weighted by Crippen LogP contribution is -2.20. The van der Waals surface area contributed by atoms with E-state index in [0.717, 1.165) is 17.7 Å². The number of ether oxygens (including phenoxy) is 2. The average molecular weight is 378 g/mol. The van der Waals surface area contributed by atoms with Crippen molar-refractivity contribution < 1.29 is 14.3 Å². The molecule has 0 radical (unpaired) electrons. The molecular formula is C23H26N2O3. The smallest absolute Gasteiger partial charge is 0.226 e. The van der Waals surface area contributed by atoms with Gasteiger partial charge in [-0.15, -0.1) is 0 Å². The lowest BCUT2D eigenvalue weighted by atomic mass is 10.0. The molecule has 146 valence electrons. The molecule has 5 heteroatoms. The molecule has 5 nitrogen and oxygen atoms in total. The number of benzene rings is 2. The number of nitrogens with zero attached hydrogens (tertiary/aromatic N) is 1. The van der Waals surface area contributed by atoms with E-state index in [9.17, 15) is 4.79 Å². The Morgan fingerprint density at radius 2 is 1.79 bits per heavy atom. The standard InChI is InChI=1S/C23H26N2O3/c1-4-17-9-7-10-18(15-17)24-22(26)16-20(25-13-5-6-14-25)19-11-8-12-21(27-2)23(19)28-3/h5-15,20H,4,16H2,1-3H3,(H,24,26)/t20-/m0/s1. The zero-order chi connectivity index (χ0) is 19.9. The maximum atomic E-state index is 12.8. The monoisotopic (exact) mass is 378 g/mol. The molecule has 0 bridgehead atoms. The molecule has 1 amide bonds. The van der Waals surface area contributed by atoms with Crippen LogP contribution in [0.2, 0.25) is 0 Å². The van der Waals surface area contributed by atoms with Gasteiger partial charge in [0.05, 0.1) is 26.7 Å². The van der Waals surface area contributed by atoms with E-state index in [0.29, 0.717) is 11.5 Å². The molecule has 28 heavy (non-hydrogen) atoms. The first-order valence-corrected chi connectivity index (χ1v) is 9.38. The van der Waals surface area contributed by atoms with E-state index in [1.807, 2.05) is 65.5 Å².